The van der Waals surface area contributed by atoms with Gasteiger partial charge in [-0.3, -0.25) is 0 Å². The molecule has 1 aromatic carbocycles. The van der Waals surface area contributed by atoms with Crippen molar-refractivity contribution < 1.29 is 28.7 Å². The molecular formula is C18H30LiNO2Si. The zero-order valence-corrected chi connectivity index (χ0v) is 17.0. The molecule has 5 heteroatoms. The summed E-state index contributed by atoms with van der Waals surface area (Å²) < 4.78 is 7.85. The van der Waals surface area contributed by atoms with E-state index in [0.717, 1.165) is 6.54 Å². The Morgan fingerprint density at radius 3 is 2.17 bits per heavy atom. The van der Waals surface area contributed by atoms with Gasteiger partial charge in [0, 0.05) is 24.1 Å². The fourth-order valence-corrected chi connectivity index (χ4v) is 4.35. The SMILES string of the molecule is C[C@H](/C=C(\[O-])OC(C)(C)C)N(Cc1ccccc1)[Si](C)(C)C.[Li+]. The summed E-state index contributed by atoms with van der Waals surface area (Å²) >= 11 is 0. The molecule has 0 radical (unpaired) electrons. The van der Waals surface area contributed by atoms with Crippen LogP contribution in [-0.2, 0) is 11.3 Å². The van der Waals surface area contributed by atoms with Crippen LogP contribution in [0.4, 0.5) is 0 Å². The van der Waals surface area contributed by atoms with Gasteiger partial charge in [0.05, 0.1) is 0 Å². The van der Waals surface area contributed by atoms with E-state index in [1.807, 2.05) is 26.8 Å². The van der Waals surface area contributed by atoms with Crippen molar-refractivity contribution in [3.8, 4) is 0 Å². The Balaban J connectivity index is 0.00000484. The Hall–Kier alpha value is -0.666. The molecule has 0 heterocycles. The first-order valence-corrected chi connectivity index (χ1v) is 11.3. The number of hydrogen-bond donors (Lipinski definition) is 0. The summed E-state index contributed by atoms with van der Waals surface area (Å²) in [5, 5.41) is 12.1. The number of rotatable bonds is 6. The smallest absolute Gasteiger partial charge is 0.608 e. The molecule has 0 bridgehead atoms. The average molecular weight is 327 g/mol. The Morgan fingerprint density at radius 2 is 1.74 bits per heavy atom. The fourth-order valence-electron chi connectivity index (χ4n) is 2.39. The van der Waals surface area contributed by atoms with Gasteiger partial charge in [-0.05, 0) is 18.6 Å². The maximum absolute atomic E-state index is 12.1. The summed E-state index contributed by atoms with van der Waals surface area (Å²) in [6.45, 7) is 15.5. The van der Waals surface area contributed by atoms with E-state index in [2.05, 4.69) is 55.4 Å². The summed E-state index contributed by atoms with van der Waals surface area (Å²) in [5.74, 6) is -0.240. The third-order valence-corrected chi connectivity index (χ3v) is 5.62. The molecule has 1 rings (SSSR count). The third kappa shape index (κ3) is 8.67. The molecule has 0 amide bonds. The van der Waals surface area contributed by atoms with E-state index in [4.69, 9.17) is 4.74 Å². The van der Waals surface area contributed by atoms with Crippen molar-refractivity contribution in [2.24, 2.45) is 0 Å². The van der Waals surface area contributed by atoms with E-state index >= 15 is 0 Å². The predicted octanol–water partition coefficient (Wildman–Crippen LogP) is 0.733. The second-order valence-electron chi connectivity index (χ2n) is 7.73. The summed E-state index contributed by atoms with van der Waals surface area (Å²) in [6, 6.07) is 10.5. The van der Waals surface area contributed by atoms with Crippen molar-refractivity contribution in [2.45, 2.75) is 65.5 Å². The molecule has 1 aromatic rings. The summed E-state index contributed by atoms with van der Waals surface area (Å²) in [5.41, 5.74) is 0.825. The normalized spacial score (nSPS) is 14.3. The van der Waals surface area contributed by atoms with Crippen LogP contribution in [0.3, 0.4) is 0 Å². The summed E-state index contributed by atoms with van der Waals surface area (Å²) in [6.07, 6.45) is 1.70. The standard InChI is InChI=1S/C18H31NO2Si.Li/c1-15(13-17(20)21-18(2,3)4)19(22(5,6)7)14-16-11-9-8-10-12-16;/h8-13,15,20H,14H2,1-7H3;/q;+1/p-1/b17-13+;/t15-;/m1./s1. The third-order valence-electron chi connectivity index (χ3n) is 3.33. The van der Waals surface area contributed by atoms with Crippen molar-refractivity contribution in [1.29, 1.82) is 0 Å². The van der Waals surface area contributed by atoms with Crippen LogP contribution in [0.2, 0.25) is 19.6 Å². The van der Waals surface area contributed by atoms with Crippen LogP contribution in [0, 0.1) is 0 Å². The summed E-state index contributed by atoms with van der Waals surface area (Å²) in [7, 11) is -1.56. The molecule has 0 fully saturated rings. The molecule has 0 saturated heterocycles. The Morgan fingerprint density at radius 1 is 1.22 bits per heavy atom. The fraction of sp³-hybridized carbons (Fsp3) is 0.556. The second-order valence-corrected chi connectivity index (χ2v) is 12.6. The van der Waals surface area contributed by atoms with Crippen molar-refractivity contribution in [3.63, 3.8) is 0 Å². The van der Waals surface area contributed by atoms with Gasteiger partial charge in [0.2, 0.25) is 0 Å². The molecule has 0 aliphatic carbocycles. The molecule has 0 N–H and O–H groups in total. The van der Waals surface area contributed by atoms with Crippen molar-refractivity contribution in [2.75, 3.05) is 0 Å². The molecule has 1 atom stereocenters. The van der Waals surface area contributed by atoms with Crippen molar-refractivity contribution in [1.82, 2.24) is 4.57 Å². The number of benzene rings is 1. The maximum atomic E-state index is 12.1. The van der Waals surface area contributed by atoms with Crippen LogP contribution < -0.4 is 24.0 Å². The predicted molar refractivity (Wildman–Crippen MR) is 93.7 cm³/mol. The molecule has 0 spiro atoms. The van der Waals surface area contributed by atoms with E-state index in [0.29, 0.717) is 0 Å². The first kappa shape index (κ1) is 22.3. The van der Waals surface area contributed by atoms with E-state index in [-0.39, 0.29) is 30.8 Å². The van der Waals surface area contributed by atoms with Crippen molar-refractivity contribution in [3.05, 3.63) is 47.9 Å². The number of nitrogens with zero attached hydrogens (tertiary/aromatic N) is 1. The maximum Gasteiger partial charge on any atom is 1.00 e. The minimum atomic E-state index is -1.56. The minimum Gasteiger partial charge on any atom is -0.608 e. The van der Waals surface area contributed by atoms with E-state index < -0.39 is 13.8 Å². The Bertz CT molecular complexity index is 492. The average Bonchev–Trinajstić information content (AvgIpc) is 2.33. The molecule has 0 saturated carbocycles. The molecule has 0 aliphatic rings. The zero-order valence-electron chi connectivity index (χ0n) is 16.0. The van der Waals surface area contributed by atoms with Gasteiger partial charge in [-0.2, -0.15) is 0 Å². The minimum absolute atomic E-state index is 0. The number of ether oxygens (including phenoxy) is 1. The largest absolute Gasteiger partial charge is 1.00 e. The Kier molecular flexibility index (Phi) is 8.72. The van der Waals surface area contributed by atoms with Crippen LogP contribution in [0.15, 0.2) is 42.4 Å². The zero-order chi connectivity index (χ0) is 17.0. The molecule has 23 heavy (non-hydrogen) atoms. The van der Waals surface area contributed by atoms with Crippen LogP contribution in [-0.4, -0.2) is 24.4 Å². The Labute approximate surface area is 155 Å². The van der Waals surface area contributed by atoms with Gasteiger partial charge in [0.25, 0.3) is 0 Å². The molecule has 3 nitrogen and oxygen atoms in total. The molecule has 0 unspecified atom stereocenters. The first-order chi connectivity index (χ1) is 9.99. The van der Waals surface area contributed by atoms with Crippen LogP contribution >= 0.6 is 0 Å². The van der Waals surface area contributed by atoms with Crippen LogP contribution in [0.1, 0.15) is 33.3 Å². The van der Waals surface area contributed by atoms with Gasteiger partial charge >= 0.3 is 18.9 Å². The van der Waals surface area contributed by atoms with Gasteiger partial charge in [-0.25, -0.2) is 0 Å². The molecular weight excluding hydrogens is 297 g/mol. The van der Waals surface area contributed by atoms with Gasteiger partial charge in [0.15, 0.2) is 0 Å². The molecule has 0 aromatic heterocycles. The molecule has 124 valence electrons. The van der Waals surface area contributed by atoms with Gasteiger partial charge in [0.1, 0.15) is 8.24 Å². The topological polar surface area (TPSA) is 35.5 Å². The van der Waals surface area contributed by atoms with Crippen LogP contribution in [0.25, 0.3) is 0 Å². The second kappa shape index (κ2) is 8.98. The van der Waals surface area contributed by atoms with E-state index in [1.165, 1.54) is 5.56 Å². The van der Waals surface area contributed by atoms with Gasteiger partial charge < -0.3 is 14.4 Å². The quantitative estimate of drug-likeness (QED) is 0.571. The number of hydrogen-bond acceptors (Lipinski definition) is 3. The van der Waals surface area contributed by atoms with Gasteiger partial charge in [-0.15, -0.1) is 0 Å². The monoisotopic (exact) mass is 327 g/mol. The van der Waals surface area contributed by atoms with Gasteiger partial charge in [-0.1, -0.05) is 70.7 Å². The van der Waals surface area contributed by atoms with Crippen molar-refractivity contribution >= 4 is 8.24 Å². The van der Waals surface area contributed by atoms with E-state index in [1.54, 1.807) is 6.08 Å². The first-order valence-electron chi connectivity index (χ1n) is 7.87. The molecule has 0 aliphatic heterocycles. The van der Waals surface area contributed by atoms with E-state index in [9.17, 15) is 5.11 Å². The summed E-state index contributed by atoms with van der Waals surface area (Å²) in [4.78, 5) is 0. The van der Waals surface area contributed by atoms with Crippen LogP contribution in [0.5, 0.6) is 0 Å².